The second-order valence-corrected chi connectivity index (χ2v) is 9.58. The first-order valence-electron chi connectivity index (χ1n) is 13.1. The van der Waals surface area contributed by atoms with Gasteiger partial charge in [-0.3, -0.25) is 15.1 Å². The summed E-state index contributed by atoms with van der Waals surface area (Å²) in [4.78, 5) is 15.3. The number of amides is 1. The Kier molecular flexibility index (Phi) is 8.14. The molecule has 2 aliphatic rings. The zero-order valence-corrected chi connectivity index (χ0v) is 21.2. The number of nitrogens with one attached hydrogen (secondary N) is 1. The highest BCUT2D eigenvalue weighted by atomic mass is 19.1. The minimum absolute atomic E-state index is 0.0460. The van der Waals surface area contributed by atoms with Gasteiger partial charge in [-0.15, -0.1) is 0 Å². The minimum Gasteiger partial charge on any atom is -0.481 e. The summed E-state index contributed by atoms with van der Waals surface area (Å²) in [5.41, 5.74) is 7.19. The lowest BCUT2D eigenvalue weighted by molar-refractivity contribution is -0.135. The topological polar surface area (TPSA) is 54.0 Å². The predicted molar refractivity (Wildman–Crippen MR) is 140 cm³/mol. The molecule has 2 heterocycles. The molecular formula is C30H34FN3O3. The molecule has 0 aliphatic carbocycles. The van der Waals surface area contributed by atoms with E-state index in [0.717, 1.165) is 24.1 Å². The summed E-state index contributed by atoms with van der Waals surface area (Å²) < 4.78 is 26.2. The quantitative estimate of drug-likeness (QED) is 0.491. The van der Waals surface area contributed by atoms with Gasteiger partial charge in [-0.25, -0.2) is 9.40 Å². The molecule has 0 unspecified atom stereocenters. The van der Waals surface area contributed by atoms with E-state index in [0.29, 0.717) is 50.6 Å². The lowest BCUT2D eigenvalue weighted by atomic mass is 9.87. The van der Waals surface area contributed by atoms with Crippen molar-refractivity contribution in [3.8, 4) is 5.75 Å². The van der Waals surface area contributed by atoms with Crippen LogP contribution in [0.1, 0.15) is 41.6 Å². The predicted octanol–water partition coefficient (Wildman–Crippen LogP) is 4.49. The maximum Gasteiger partial charge on any atom is 0.275 e. The smallest absolute Gasteiger partial charge is 0.275 e. The van der Waals surface area contributed by atoms with Crippen molar-refractivity contribution in [2.75, 3.05) is 32.8 Å². The van der Waals surface area contributed by atoms with Gasteiger partial charge in [-0.2, -0.15) is 0 Å². The van der Waals surface area contributed by atoms with Crippen molar-refractivity contribution in [3.05, 3.63) is 101 Å². The fourth-order valence-electron chi connectivity index (χ4n) is 5.15. The molecular weight excluding hydrogens is 469 g/mol. The molecule has 2 atom stereocenters. The normalized spacial score (nSPS) is 19.1. The maximum absolute atomic E-state index is 14.6. The Hall–Kier alpha value is -3.26. The van der Waals surface area contributed by atoms with Crippen LogP contribution in [0.25, 0.3) is 0 Å². The molecule has 0 spiro atoms. The Labute approximate surface area is 218 Å². The molecule has 3 aromatic carbocycles. The summed E-state index contributed by atoms with van der Waals surface area (Å²) in [6, 6.07) is 23.4. The van der Waals surface area contributed by atoms with E-state index in [9.17, 15) is 9.18 Å². The van der Waals surface area contributed by atoms with E-state index < -0.39 is 6.10 Å². The molecule has 0 bridgehead atoms. The molecule has 1 amide bonds. The van der Waals surface area contributed by atoms with E-state index in [2.05, 4.69) is 34.6 Å². The summed E-state index contributed by atoms with van der Waals surface area (Å²) >= 11 is 0. The van der Waals surface area contributed by atoms with Crippen LogP contribution in [-0.4, -0.2) is 54.8 Å². The van der Waals surface area contributed by atoms with Gasteiger partial charge in [0.05, 0.1) is 19.3 Å². The van der Waals surface area contributed by atoms with Crippen molar-refractivity contribution in [3.63, 3.8) is 0 Å². The summed E-state index contributed by atoms with van der Waals surface area (Å²) in [5, 5.41) is 1.89. The molecule has 0 saturated carbocycles. The third-order valence-corrected chi connectivity index (χ3v) is 7.11. The van der Waals surface area contributed by atoms with Crippen molar-refractivity contribution in [2.24, 2.45) is 0 Å². The van der Waals surface area contributed by atoms with E-state index in [1.54, 1.807) is 6.07 Å². The van der Waals surface area contributed by atoms with Gasteiger partial charge >= 0.3 is 0 Å². The van der Waals surface area contributed by atoms with Crippen LogP contribution in [0.4, 0.5) is 4.39 Å². The van der Waals surface area contributed by atoms with Crippen molar-refractivity contribution in [1.29, 1.82) is 0 Å². The monoisotopic (exact) mass is 503 g/mol. The number of rotatable bonds is 8. The highest BCUT2D eigenvalue weighted by Crippen LogP contribution is 2.38. The Morgan fingerprint density at radius 2 is 1.81 bits per heavy atom. The molecule has 2 aliphatic heterocycles. The molecule has 194 valence electrons. The van der Waals surface area contributed by atoms with Gasteiger partial charge in [0.1, 0.15) is 11.6 Å². The van der Waals surface area contributed by atoms with Crippen LogP contribution in [-0.2, 0) is 22.5 Å². The Morgan fingerprint density at radius 3 is 2.57 bits per heavy atom. The fourth-order valence-corrected chi connectivity index (χ4v) is 5.15. The number of hydrogen-bond donors (Lipinski definition) is 1. The van der Waals surface area contributed by atoms with Crippen LogP contribution in [0.3, 0.4) is 0 Å². The third kappa shape index (κ3) is 6.01. The van der Waals surface area contributed by atoms with Gasteiger partial charge in [0.25, 0.3) is 5.91 Å². The number of carbonyl (C=O) groups excluding carboxylic acids is 1. The molecule has 5 rings (SSSR count). The van der Waals surface area contributed by atoms with Gasteiger partial charge in [-0.1, -0.05) is 61.5 Å². The summed E-state index contributed by atoms with van der Waals surface area (Å²) in [6.45, 7) is 5.82. The molecule has 37 heavy (non-hydrogen) atoms. The van der Waals surface area contributed by atoms with Crippen molar-refractivity contribution >= 4 is 5.91 Å². The molecule has 0 aromatic heterocycles. The zero-order valence-electron chi connectivity index (χ0n) is 21.2. The number of nitrogens with zero attached hydrogens (tertiary/aromatic N) is 2. The molecule has 0 radical (unpaired) electrons. The van der Waals surface area contributed by atoms with Crippen LogP contribution in [0.5, 0.6) is 5.75 Å². The number of fused-ring (bicyclic) bond motifs is 1. The van der Waals surface area contributed by atoms with Crippen LogP contribution >= 0.6 is 0 Å². The molecule has 1 saturated heterocycles. The van der Waals surface area contributed by atoms with Gasteiger partial charge in [0.15, 0.2) is 6.10 Å². The van der Waals surface area contributed by atoms with Gasteiger partial charge in [0.2, 0.25) is 0 Å². The molecule has 1 N–H and O–H groups in total. The zero-order chi connectivity index (χ0) is 25.6. The first-order chi connectivity index (χ1) is 18.1. The SMILES string of the molecule is CC[C@@H](Oc1ccc2c(c1)[C@H](c1ccccc1)N(Cc1ccccc1F)CC2)C(=O)NN1CCOCC1. The van der Waals surface area contributed by atoms with E-state index in [1.165, 1.54) is 11.6 Å². The van der Waals surface area contributed by atoms with Gasteiger partial charge < -0.3 is 9.47 Å². The number of hydrazine groups is 1. The van der Waals surface area contributed by atoms with E-state index in [1.807, 2.05) is 48.3 Å². The second-order valence-electron chi connectivity index (χ2n) is 9.58. The van der Waals surface area contributed by atoms with Crippen molar-refractivity contribution in [2.45, 2.75) is 38.5 Å². The summed E-state index contributed by atoms with van der Waals surface area (Å²) in [6.07, 6.45) is 0.811. The first-order valence-corrected chi connectivity index (χ1v) is 13.1. The maximum atomic E-state index is 14.6. The number of hydrogen-bond acceptors (Lipinski definition) is 5. The van der Waals surface area contributed by atoms with E-state index >= 15 is 0 Å². The third-order valence-electron chi connectivity index (χ3n) is 7.11. The van der Waals surface area contributed by atoms with Crippen molar-refractivity contribution < 1.29 is 18.7 Å². The highest BCUT2D eigenvalue weighted by Gasteiger charge is 2.30. The number of carbonyl (C=O) groups is 1. The van der Waals surface area contributed by atoms with Crippen LogP contribution in [0, 0.1) is 5.82 Å². The second kappa shape index (κ2) is 11.9. The Bertz CT molecular complexity index is 1200. The lowest BCUT2D eigenvalue weighted by Crippen LogP contribution is -2.52. The highest BCUT2D eigenvalue weighted by molar-refractivity contribution is 5.80. The van der Waals surface area contributed by atoms with Gasteiger partial charge in [0, 0.05) is 31.7 Å². The van der Waals surface area contributed by atoms with Gasteiger partial charge in [-0.05, 0) is 47.7 Å². The number of ether oxygens (including phenoxy) is 2. The first kappa shape index (κ1) is 25.4. The Morgan fingerprint density at radius 1 is 1.05 bits per heavy atom. The van der Waals surface area contributed by atoms with Crippen molar-refractivity contribution in [1.82, 2.24) is 15.3 Å². The van der Waals surface area contributed by atoms with Crippen LogP contribution < -0.4 is 10.2 Å². The number of morpholine rings is 1. The fraction of sp³-hybridized carbons (Fsp3) is 0.367. The van der Waals surface area contributed by atoms with Crippen LogP contribution in [0.15, 0.2) is 72.8 Å². The lowest BCUT2D eigenvalue weighted by Gasteiger charge is -2.38. The average molecular weight is 504 g/mol. The van der Waals surface area contributed by atoms with E-state index in [-0.39, 0.29) is 17.8 Å². The molecule has 3 aromatic rings. The minimum atomic E-state index is -0.603. The largest absolute Gasteiger partial charge is 0.481 e. The summed E-state index contributed by atoms with van der Waals surface area (Å²) in [5.74, 6) is 0.327. The Balaban J connectivity index is 1.40. The molecule has 7 heteroatoms. The molecule has 6 nitrogen and oxygen atoms in total. The van der Waals surface area contributed by atoms with E-state index in [4.69, 9.17) is 9.47 Å². The average Bonchev–Trinajstić information content (AvgIpc) is 2.93. The number of benzene rings is 3. The number of halogens is 1. The standard InChI is InChI=1S/C30H34FN3O3/c1-2-28(30(35)32-34-16-18-36-19-17-34)37-25-13-12-22-14-15-33(21-24-10-6-7-11-27(24)31)29(26(22)20-25)23-8-4-3-5-9-23/h3-13,20,28-29H,2,14-19,21H2,1H3,(H,32,35)/t28-,29+/m1/s1. The summed E-state index contributed by atoms with van der Waals surface area (Å²) in [7, 11) is 0. The molecule has 1 fully saturated rings. The van der Waals surface area contributed by atoms with Crippen LogP contribution in [0.2, 0.25) is 0 Å².